The van der Waals surface area contributed by atoms with E-state index in [0.717, 1.165) is 0 Å². The second-order valence-electron chi connectivity index (χ2n) is 4.04. The van der Waals surface area contributed by atoms with Crippen molar-refractivity contribution in [3.8, 4) is 0 Å². The quantitative estimate of drug-likeness (QED) is 0.701. The number of carbonyl (C=O) groups excluding carboxylic acids is 1. The van der Waals surface area contributed by atoms with E-state index in [1.165, 1.54) is 12.4 Å². The summed E-state index contributed by atoms with van der Waals surface area (Å²) in [7, 11) is 0. The monoisotopic (exact) mass is 221 g/mol. The van der Waals surface area contributed by atoms with Crippen LogP contribution in [0, 0.1) is 0 Å². The largest absolute Gasteiger partial charge is 0.377 e. The summed E-state index contributed by atoms with van der Waals surface area (Å²) in [6, 6.07) is 0.163. The number of carbonyl (C=O) groups is 1. The zero-order chi connectivity index (χ0) is 11.5. The van der Waals surface area contributed by atoms with Crippen LogP contribution in [0.2, 0.25) is 0 Å². The summed E-state index contributed by atoms with van der Waals surface area (Å²) in [6.45, 7) is 5.11. The fraction of sp³-hybridized carbons (Fsp3) is 0.545. The van der Waals surface area contributed by atoms with E-state index in [4.69, 9.17) is 4.74 Å². The van der Waals surface area contributed by atoms with E-state index < -0.39 is 0 Å². The van der Waals surface area contributed by atoms with Gasteiger partial charge in [-0.05, 0) is 13.8 Å². The summed E-state index contributed by atoms with van der Waals surface area (Å²) in [5.74, 6) is -0.0728. The Kier molecular flexibility index (Phi) is 3.14. The molecule has 2 atom stereocenters. The maximum atomic E-state index is 12.2. The molecule has 0 saturated carbocycles. The van der Waals surface area contributed by atoms with Crippen molar-refractivity contribution < 1.29 is 9.53 Å². The zero-order valence-corrected chi connectivity index (χ0v) is 9.46. The first-order chi connectivity index (χ1) is 7.70. The molecule has 1 aliphatic heterocycles. The summed E-state index contributed by atoms with van der Waals surface area (Å²) in [5, 5.41) is 0. The molecule has 5 heteroatoms. The molecule has 1 saturated heterocycles. The smallest absolute Gasteiger partial charge is 0.274 e. The van der Waals surface area contributed by atoms with Gasteiger partial charge < -0.3 is 9.64 Å². The Hall–Kier alpha value is -1.49. The summed E-state index contributed by atoms with van der Waals surface area (Å²) < 4.78 is 5.38. The fourth-order valence-electron chi connectivity index (χ4n) is 1.95. The maximum Gasteiger partial charge on any atom is 0.274 e. The van der Waals surface area contributed by atoms with Crippen LogP contribution < -0.4 is 0 Å². The standard InChI is InChI=1S/C11H15N3O2/c1-8-6-16-7-9(2)14(8)11(15)10-5-12-3-4-13-10/h3-5,8-9H,6-7H2,1-2H3. The second-order valence-corrected chi connectivity index (χ2v) is 4.04. The first-order valence-electron chi connectivity index (χ1n) is 5.36. The van der Waals surface area contributed by atoms with Crippen LogP contribution in [-0.2, 0) is 4.74 Å². The predicted octanol–water partition coefficient (Wildman–Crippen LogP) is 0.726. The molecule has 1 fully saturated rings. The van der Waals surface area contributed by atoms with Gasteiger partial charge in [0.15, 0.2) is 0 Å². The maximum absolute atomic E-state index is 12.2. The lowest BCUT2D eigenvalue weighted by Gasteiger charge is -2.38. The molecular formula is C11H15N3O2. The Morgan fingerprint density at radius 3 is 2.62 bits per heavy atom. The van der Waals surface area contributed by atoms with Crippen molar-refractivity contribution in [2.24, 2.45) is 0 Å². The summed E-state index contributed by atoms with van der Waals surface area (Å²) in [6.07, 6.45) is 4.59. The molecule has 1 aromatic heterocycles. The van der Waals surface area contributed by atoms with Crippen molar-refractivity contribution in [3.05, 3.63) is 24.3 Å². The topological polar surface area (TPSA) is 55.3 Å². The number of hydrogen-bond donors (Lipinski definition) is 0. The van der Waals surface area contributed by atoms with Crippen LogP contribution in [0.25, 0.3) is 0 Å². The van der Waals surface area contributed by atoms with Crippen molar-refractivity contribution in [1.82, 2.24) is 14.9 Å². The van der Waals surface area contributed by atoms with Gasteiger partial charge >= 0.3 is 0 Å². The van der Waals surface area contributed by atoms with Crippen molar-refractivity contribution in [3.63, 3.8) is 0 Å². The van der Waals surface area contributed by atoms with Crippen LogP contribution in [-0.4, -0.2) is 46.1 Å². The van der Waals surface area contributed by atoms with Gasteiger partial charge in [-0.2, -0.15) is 0 Å². The van der Waals surface area contributed by atoms with Gasteiger partial charge in [-0.1, -0.05) is 0 Å². The molecule has 5 nitrogen and oxygen atoms in total. The van der Waals surface area contributed by atoms with Gasteiger partial charge in [0.1, 0.15) is 5.69 Å². The Balaban J connectivity index is 2.20. The molecule has 0 N–H and O–H groups in total. The van der Waals surface area contributed by atoms with Gasteiger partial charge in [-0.25, -0.2) is 4.98 Å². The van der Waals surface area contributed by atoms with E-state index in [0.29, 0.717) is 18.9 Å². The third-order valence-corrected chi connectivity index (χ3v) is 2.68. The number of amides is 1. The highest BCUT2D eigenvalue weighted by atomic mass is 16.5. The van der Waals surface area contributed by atoms with Crippen molar-refractivity contribution >= 4 is 5.91 Å². The van der Waals surface area contributed by atoms with E-state index in [2.05, 4.69) is 9.97 Å². The molecule has 2 rings (SSSR count). The highest BCUT2D eigenvalue weighted by Gasteiger charge is 2.30. The molecule has 2 heterocycles. The molecule has 0 bridgehead atoms. The molecule has 0 aromatic carbocycles. The lowest BCUT2D eigenvalue weighted by Crippen LogP contribution is -2.52. The normalized spacial score (nSPS) is 25.5. The van der Waals surface area contributed by atoms with Crippen LogP contribution in [0.15, 0.2) is 18.6 Å². The Morgan fingerprint density at radius 2 is 2.06 bits per heavy atom. The lowest BCUT2D eigenvalue weighted by atomic mass is 10.1. The molecule has 16 heavy (non-hydrogen) atoms. The first-order valence-corrected chi connectivity index (χ1v) is 5.36. The third-order valence-electron chi connectivity index (χ3n) is 2.68. The van der Waals surface area contributed by atoms with Crippen LogP contribution >= 0.6 is 0 Å². The van der Waals surface area contributed by atoms with E-state index in [1.807, 2.05) is 18.7 Å². The van der Waals surface area contributed by atoms with Crippen molar-refractivity contribution in [1.29, 1.82) is 0 Å². The minimum absolute atomic E-state index is 0.0728. The summed E-state index contributed by atoms with van der Waals surface area (Å²) in [5.41, 5.74) is 0.392. The number of nitrogens with zero attached hydrogens (tertiary/aromatic N) is 3. The van der Waals surface area contributed by atoms with Gasteiger partial charge in [-0.15, -0.1) is 0 Å². The van der Waals surface area contributed by atoms with E-state index in [1.54, 1.807) is 6.20 Å². The van der Waals surface area contributed by atoms with E-state index in [-0.39, 0.29) is 18.0 Å². The van der Waals surface area contributed by atoms with Crippen LogP contribution in [0.4, 0.5) is 0 Å². The molecule has 86 valence electrons. The number of hydrogen-bond acceptors (Lipinski definition) is 4. The molecule has 1 aromatic rings. The highest BCUT2D eigenvalue weighted by molar-refractivity contribution is 5.92. The Labute approximate surface area is 94.5 Å². The molecule has 1 aliphatic rings. The van der Waals surface area contributed by atoms with Gasteiger partial charge in [0.05, 0.1) is 31.5 Å². The Bertz CT molecular complexity index is 359. The Morgan fingerprint density at radius 1 is 1.38 bits per heavy atom. The van der Waals surface area contributed by atoms with Crippen LogP contribution in [0.5, 0.6) is 0 Å². The average Bonchev–Trinajstić information content (AvgIpc) is 2.30. The SMILES string of the molecule is CC1COCC(C)N1C(=O)c1cnccn1. The molecule has 2 unspecified atom stereocenters. The van der Waals surface area contributed by atoms with Gasteiger partial charge in [0, 0.05) is 12.4 Å². The van der Waals surface area contributed by atoms with Gasteiger partial charge in [-0.3, -0.25) is 9.78 Å². The van der Waals surface area contributed by atoms with E-state index in [9.17, 15) is 4.79 Å². The average molecular weight is 221 g/mol. The van der Waals surface area contributed by atoms with Gasteiger partial charge in [0.2, 0.25) is 0 Å². The fourth-order valence-corrected chi connectivity index (χ4v) is 1.95. The third kappa shape index (κ3) is 2.04. The molecule has 1 amide bonds. The predicted molar refractivity (Wildman–Crippen MR) is 57.9 cm³/mol. The highest BCUT2D eigenvalue weighted by Crippen LogP contribution is 2.15. The number of rotatable bonds is 1. The first kappa shape index (κ1) is 11.0. The lowest BCUT2D eigenvalue weighted by molar-refractivity contribution is -0.0252. The minimum atomic E-state index is -0.0728. The van der Waals surface area contributed by atoms with Crippen molar-refractivity contribution in [2.45, 2.75) is 25.9 Å². The number of ether oxygens (including phenoxy) is 1. The summed E-state index contributed by atoms with van der Waals surface area (Å²) >= 11 is 0. The molecular weight excluding hydrogens is 206 g/mol. The second kappa shape index (κ2) is 4.57. The zero-order valence-electron chi connectivity index (χ0n) is 9.46. The molecule has 0 radical (unpaired) electrons. The number of aromatic nitrogens is 2. The van der Waals surface area contributed by atoms with Gasteiger partial charge in [0.25, 0.3) is 5.91 Å². The number of morpholine rings is 1. The molecule has 0 spiro atoms. The van der Waals surface area contributed by atoms with Crippen LogP contribution in [0.3, 0.4) is 0 Å². The van der Waals surface area contributed by atoms with Crippen molar-refractivity contribution in [2.75, 3.05) is 13.2 Å². The minimum Gasteiger partial charge on any atom is -0.377 e. The summed E-state index contributed by atoms with van der Waals surface area (Å²) in [4.78, 5) is 21.9. The molecule has 0 aliphatic carbocycles. The van der Waals surface area contributed by atoms with Crippen LogP contribution in [0.1, 0.15) is 24.3 Å². The van der Waals surface area contributed by atoms with E-state index >= 15 is 0 Å².